The van der Waals surface area contributed by atoms with Crippen LogP contribution in [0.25, 0.3) is 32.9 Å². The lowest BCUT2D eigenvalue weighted by atomic mass is 9.98. The zero-order valence-electron chi connectivity index (χ0n) is 14.0. The van der Waals surface area contributed by atoms with Gasteiger partial charge in [0, 0.05) is 47.5 Å². The molecule has 4 aromatic rings. The number of nitrogens with zero attached hydrogens (tertiary/aromatic N) is 3. The van der Waals surface area contributed by atoms with E-state index in [1.165, 1.54) is 35.0 Å². The van der Waals surface area contributed by atoms with Gasteiger partial charge in [-0.05, 0) is 36.6 Å². The molecule has 0 radical (unpaired) electrons. The Kier molecular flexibility index (Phi) is 3.37. The average molecular weight is 325 g/mol. The molecule has 0 unspecified atom stereocenters. The number of benzene rings is 2. The average Bonchev–Trinajstić information content (AvgIpc) is 3.22. The molecule has 3 heterocycles. The van der Waals surface area contributed by atoms with Crippen LogP contribution >= 0.6 is 0 Å². The molecule has 25 heavy (non-hydrogen) atoms. The Labute approximate surface area is 147 Å². The summed E-state index contributed by atoms with van der Waals surface area (Å²) in [5, 5.41) is 2.30. The molecule has 2 aromatic carbocycles. The van der Waals surface area contributed by atoms with Crippen molar-refractivity contribution in [1.29, 1.82) is 0 Å². The lowest BCUT2D eigenvalue weighted by Crippen LogP contribution is -2.18. The van der Waals surface area contributed by atoms with Crippen LogP contribution in [0.15, 0.2) is 67.0 Å². The predicted octanol–water partition coefficient (Wildman–Crippen LogP) is 5.05. The monoisotopic (exact) mass is 325 g/mol. The maximum Gasteiger partial charge on any atom is 0.0970 e. The Hall–Kier alpha value is -2.94. The van der Waals surface area contributed by atoms with Crippen LogP contribution < -0.4 is 4.90 Å². The van der Waals surface area contributed by atoms with Crippen LogP contribution in [0.5, 0.6) is 0 Å². The molecule has 1 fully saturated rings. The molecule has 0 aliphatic carbocycles. The molecule has 5 rings (SSSR count). The summed E-state index contributed by atoms with van der Waals surface area (Å²) in [4.78, 5) is 11.7. The largest absolute Gasteiger partial charge is 0.371 e. The first-order valence-electron chi connectivity index (χ1n) is 8.89. The van der Waals surface area contributed by atoms with Crippen LogP contribution in [0, 0.1) is 0 Å². The number of aromatic nitrogens is 2. The molecular formula is C22H19N3. The van der Waals surface area contributed by atoms with Gasteiger partial charge >= 0.3 is 0 Å². The first kappa shape index (κ1) is 14.4. The Balaban J connectivity index is 1.78. The van der Waals surface area contributed by atoms with E-state index in [1.54, 1.807) is 0 Å². The number of hydrogen-bond donors (Lipinski definition) is 0. The van der Waals surface area contributed by atoms with Crippen molar-refractivity contribution in [2.45, 2.75) is 12.8 Å². The number of pyridine rings is 2. The van der Waals surface area contributed by atoms with Gasteiger partial charge in [0.05, 0.1) is 11.0 Å². The van der Waals surface area contributed by atoms with E-state index >= 15 is 0 Å². The van der Waals surface area contributed by atoms with E-state index in [9.17, 15) is 0 Å². The Morgan fingerprint density at radius 2 is 1.52 bits per heavy atom. The zero-order chi connectivity index (χ0) is 16.6. The van der Waals surface area contributed by atoms with E-state index in [0.29, 0.717) is 0 Å². The van der Waals surface area contributed by atoms with Crippen molar-refractivity contribution < 1.29 is 0 Å². The molecule has 1 aliphatic heterocycles. The molecule has 3 heteroatoms. The third-order valence-electron chi connectivity index (χ3n) is 5.12. The SMILES string of the molecule is c1ccc(N2CCCC2)c(-c2ccnc3c2ccc2cccnc23)c1. The van der Waals surface area contributed by atoms with Gasteiger partial charge in [0.1, 0.15) is 0 Å². The van der Waals surface area contributed by atoms with Crippen LogP contribution in [-0.2, 0) is 0 Å². The lowest BCUT2D eigenvalue weighted by molar-refractivity contribution is 0.949. The van der Waals surface area contributed by atoms with Gasteiger partial charge in [0.2, 0.25) is 0 Å². The standard InChI is InChI=1S/C22H19N3/c1-2-8-20(25-14-3-4-15-25)18(7-1)17-11-13-24-22-19(17)10-9-16-6-5-12-23-21(16)22/h1-2,5-13H,3-4,14-15H2. The Morgan fingerprint density at radius 1 is 0.680 bits per heavy atom. The number of para-hydroxylation sites is 1. The first-order chi connectivity index (χ1) is 12.4. The van der Waals surface area contributed by atoms with Crippen LogP contribution in [0.2, 0.25) is 0 Å². The van der Waals surface area contributed by atoms with E-state index in [0.717, 1.165) is 29.5 Å². The van der Waals surface area contributed by atoms with Crippen molar-refractivity contribution in [3.05, 3.63) is 67.0 Å². The summed E-state index contributed by atoms with van der Waals surface area (Å²) in [6.45, 7) is 2.29. The van der Waals surface area contributed by atoms with Crippen molar-refractivity contribution >= 4 is 27.5 Å². The summed E-state index contributed by atoms with van der Waals surface area (Å²) in [5.41, 5.74) is 5.80. The van der Waals surface area contributed by atoms with Gasteiger partial charge in [0.15, 0.2) is 0 Å². The second-order valence-electron chi connectivity index (χ2n) is 6.61. The molecule has 1 saturated heterocycles. The predicted molar refractivity (Wildman–Crippen MR) is 104 cm³/mol. The number of rotatable bonds is 2. The Bertz CT molecular complexity index is 1060. The van der Waals surface area contributed by atoms with Gasteiger partial charge in [0.25, 0.3) is 0 Å². The molecule has 0 bridgehead atoms. The third-order valence-corrected chi connectivity index (χ3v) is 5.12. The normalized spacial score (nSPS) is 14.5. The van der Waals surface area contributed by atoms with Crippen molar-refractivity contribution in [3.63, 3.8) is 0 Å². The molecule has 3 nitrogen and oxygen atoms in total. The maximum absolute atomic E-state index is 4.65. The molecule has 0 spiro atoms. The lowest BCUT2D eigenvalue weighted by Gasteiger charge is -2.22. The smallest absolute Gasteiger partial charge is 0.0970 e. The molecule has 122 valence electrons. The summed E-state index contributed by atoms with van der Waals surface area (Å²) in [7, 11) is 0. The fourth-order valence-electron chi connectivity index (χ4n) is 3.92. The maximum atomic E-state index is 4.65. The van der Waals surface area contributed by atoms with Crippen LogP contribution in [0.4, 0.5) is 5.69 Å². The zero-order valence-corrected chi connectivity index (χ0v) is 14.0. The summed E-state index contributed by atoms with van der Waals surface area (Å²) in [6.07, 6.45) is 6.31. The number of fused-ring (bicyclic) bond motifs is 3. The van der Waals surface area contributed by atoms with Gasteiger partial charge in [-0.25, -0.2) is 0 Å². The topological polar surface area (TPSA) is 29.0 Å². The molecular weight excluding hydrogens is 306 g/mol. The fraction of sp³-hybridized carbons (Fsp3) is 0.182. The highest BCUT2D eigenvalue weighted by Crippen LogP contribution is 2.37. The molecule has 0 saturated carbocycles. The Morgan fingerprint density at radius 3 is 2.44 bits per heavy atom. The second-order valence-corrected chi connectivity index (χ2v) is 6.61. The minimum atomic E-state index is 0.973. The fourth-order valence-corrected chi connectivity index (χ4v) is 3.92. The highest BCUT2D eigenvalue weighted by atomic mass is 15.1. The second kappa shape index (κ2) is 5.85. The van der Waals surface area contributed by atoms with Gasteiger partial charge in [-0.3, -0.25) is 9.97 Å². The van der Waals surface area contributed by atoms with E-state index < -0.39 is 0 Å². The van der Waals surface area contributed by atoms with E-state index in [-0.39, 0.29) is 0 Å². The van der Waals surface area contributed by atoms with Crippen LogP contribution in [-0.4, -0.2) is 23.1 Å². The first-order valence-corrected chi connectivity index (χ1v) is 8.89. The summed E-state index contributed by atoms with van der Waals surface area (Å²) >= 11 is 0. The molecule has 0 amide bonds. The van der Waals surface area contributed by atoms with Crippen molar-refractivity contribution in [2.75, 3.05) is 18.0 Å². The molecule has 1 aliphatic rings. The van der Waals surface area contributed by atoms with Gasteiger partial charge in [-0.15, -0.1) is 0 Å². The highest BCUT2D eigenvalue weighted by Gasteiger charge is 2.17. The van der Waals surface area contributed by atoms with E-state index in [1.807, 2.05) is 18.5 Å². The summed E-state index contributed by atoms with van der Waals surface area (Å²) in [6, 6.07) is 19.3. The van der Waals surface area contributed by atoms with Crippen molar-refractivity contribution in [3.8, 4) is 11.1 Å². The highest BCUT2D eigenvalue weighted by molar-refractivity contribution is 6.09. The van der Waals surface area contributed by atoms with Crippen molar-refractivity contribution in [1.82, 2.24) is 9.97 Å². The summed E-state index contributed by atoms with van der Waals surface area (Å²) in [5.74, 6) is 0. The minimum Gasteiger partial charge on any atom is -0.371 e. The number of hydrogen-bond acceptors (Lipinski definition) is 3. The number of anilines is 1. The molecule has 0 atom stereocenters. The van der Waals surface area contributed by atoms with E-state index in [4.69, 9.17) is 0 Å². The minimum absolute atomic E-state index is 0.973. The third kappa shape index (κ3) is 2.35. The van der Waals surface area contributed by atoms with Crippen molar-refractivity contribution in [2.24, 2.45) is 0 Å². The summed E-state index contributed by atoms with van der Waals surface area (Å²) < 4.78 is 0. The molecule has 0 N–H and O–H groups in total. The van der Waals surface area contributed by atoms with Crippen LogP contribution in [0.3, 0.4) is 0 Å². The van der Waals surface area contributed by atoms with Gasteiger partial charge in [-0.1, -0.05) is 36.4 Å². The molecule has 2 aromatic heterocycles. The van der Waals surface area contributed by atoms with Gasteiger partial charge in [-0.2, -0.15) is 0 Å². The van der Waals surface area contributed by atoms with Gasteiger partial charge < -0.3 is 4.90 Å². The van der Waals surface area contributed by atoms with Crippen LogP contribution in [0.1, 0.15) is 12.8 Å². The van der Waals surface area contributed by atoms with E-state index in [2.05, 4.69) is 63.4 Å². The quantitative estimate of drug-likeness (QED) is 0.483.